The van der Waals surface area contributed by atoms with Gasteiger partial charge in [0.15, 0.2) is 0 Å². The van der Waals surface area contributed by atoms with E-state index in [0.717, 1.165) is 43.4 Å². The first-order valence-corrected chi connectivity index (χ1v) is 13.9. The molecular weight excluding hydrogens is 408 g/mol. The van der Waals surface area contributed by atoms with Crippen LogP contribution >= 0.6 is 0 Å². The van der Waals surface area contributed by atoms with Gasteiger partial charge in [-0.15, -0.1) is 0 Å². The first-order chi connectivity index (χ1) is 14.7. The van der Waals surface area contributed by atoms with Crippen LogP contribution in [0, 0.1) is 17.8 Å². The van der Waals surface area contributed by atoms with Crippen LogP contribution in [0.4, 0.5) is 5.69 Å². The minimum atomic E-state index is -3.54. The number of hydrogen-bond acceptors (Lipinski definition) is 3. The highest BCUT2D eigenvalue weighted by atomic mass is 32.2. The Labute approximate surface area is 187 Å². The number of carbonyl (C=O) groups excluding carboxylic acids is 1. The molecule has 0 aromatic heterocycles. The molecule has 6 heteroatoms. The highest BCUT2D eigenvalue weighted by molar-refractivity contribution is 7.92. The molecule has 0 N–H and O–H groups in total. The summed E-state index contributed by atoms with van der Waals surface area (Å²) in [5.74, 6) is 2.51. The summed E-state index contributed by atoms with van der Waals surface area (Å²) in [5, 5.41) is 0. The Bertz CT molecular complexity index is 899. The van der Waals surface area contributed by atoms with E-state index in [1.807, 2.05) is 19.2 Å². The smallest absolute Gasteiger partial charge is 0.243 e. The molecule has 0 aliphatic heterocycles. The zero-order valence-electron chi connectivity index (χ0n) is 18.9. The third kappa shape index (κ3) is 4.01. The van der Waals surface area contributed by atoms with Crippen LogP contribution in [-0.4, -0.2) is 45.1 Å². The van der Waals surface area contributed by atoms with E-state index >= 15 is 0 Å². The predicted molar refractivity (Wildman–Crippen MR) is 124 cm³/mol. The van der Waals surface area contributed by atoms with Crippen molar-refractivity contribution in [3.8, 4) is 0 Å². The van der Waals surface area contributed by atoms with Gasteiger partial charge in [-0.2, -0.15) is 0 Å². The van der Waals surface area contributed by atoms with E-state index < -0.39 is 10.0 Å². The van der Waals surface area contributed by atoms with Gasteiger partial charge in [-0.3, -0.25) is 9.10 Å². The van der Waals surface area contributed by atoms with Gasteiger partial charge in [-0.1, -0.05) is 25.0 Å². The van der Waals surface area contributed by atoms with Gasteiger partial charge in [0.1, 0.15) is 6.54 Å². The highest BCUT2D eigenvalue weighted by Gasteiger charge is 2.51. The summed E-state index contributed by atoms with van der Waals surface area (Å²) < 4.78 is 26.4. The number of amides is 1. The third-order valence-electron chi connectivity index (χ3n) is 8.75. The largest absolute Gasteiger partial charge is 0.341 e. The molecule has 0 heterocycles. The molecule has 0 spiro atoms. The molecule has 1 aromatic carbocycles. The van der Waals surface area contributed by atoms with E-state index in [1.54, 1.807) is 4.90 Å². The topological polar surface area (TPSA) is 57.7 Å². The molecule has 5 aliphatic carbocycles. The molecule has 0 radical (unpaired) electrons. The maximum absolute atomic E-state index is 12.9. The normalized spacial score (nSPS) is 32.4. The van der Waals surface area contributed by atoms with Crippen LogP contribution in [0.5, 0.6) is 0 Å². The van der Waals surface area contributed by atoms with Gasteiger partial charge in [-0.25, -0.2) is 8.42 Å². The number of rotatable bonds is 6. The third-order valence-corrected chi connectivity index (χ3v) is 9.89. The van der Waals surface area contributed by atoms with Crippen LogP contribution in [0.3, 0.4) is 0 Å². The van der Waals surface area contributed by atoms with Gasteiger partial charge in [0.2, 0.25) is 15.9 Å². The Kier molecular flexibility index (Phi) is 5.35. The number of likely N-dealkylation sites (N-methyl/N-ethyl adjacent to an activating group) is 1. The molecule has 0 saturated heterocycles. The molecular formula is C25H36N2O3S. The van der Waals surface area contributed by atoms with Gasteiger partial charge in [-0.05, 0) is 92.2 Å². The van der Waals surface area contributed by atoms with Gasteiger partial charge >= 0.3 is 0 Å². The van der Waals surface area contributed by atoms with Crippen LogP contribution < -0.4 is 4.31 Å². The summed E-state index contributed by atoms with van der Waals surface area (Å²) in [6.07, 6.45) is 13.6. The lowest BCUT2D eigenvalue weighted by atomic mass is 9.48. The number of carbonyl (C=O) groups is 1. The standard InChI is InChI=1S/C25H36N2O3S/c1-26(22-5-3-4-6-22)24(28)17-27(31(2,29)30)23-9-7-21(8-10-23)25-14-18-11-19(15-25)13-20(12-18)16-25/h7-10,18-20,22H,3-6,11-17H2,1-2H3. The molecule has 4 bridgehead atoms. The van der Waals surface area contributed by atoms with Crippen LogP contribution in [0.25, 0.3) is 0 Å². The number of benzene rings is 1. The summed E-state index contributed by atoms with van der Waals surface area (Å²) in [5.41, 5.74) is 2.27. The summed E-state index contributed by atoms with van der Waals surface area (Å²) in [6, 6.07) is 8.39. The van der Waals surface area contributed by atoms with Gasteiger partial charge in [0.05, 0.1) is 11.9 Å². The average Bonchev–Trinajstić information content (AvgIpc) is 3.24. The van der Waals surface area contributed by atoms with Crippen molar-refractivity contribution >= 4 is 21.6 Å². The summed E-state index contributed by atoms with van der Waals surface area (Å²) in [6.45, 7) is -0.122. The van der Waals surface area contributed by atoms with Crippen LogP contribution in [-0.2, 0) is 20.2 Å². The van der Waals surface area contributed by atoms with Crippen LogP contribution in [0.1, 0.15) is 69.8 Å². The van der Waals surface area contributed by atoms with E-state index in [0.29, 0.717) is 11.1 Å². The molecule has 5 nitrogen and oxygen atoms in total. The van der Waals surface area contributed by atoms with Crippen LogP contribution in [0.15, 0.2) is 24.3 Å². The van der Waals surface area contributed by atoms with E-state index in [4.69, 9.17) is 0 Å². The molecule has 170 valence electrons. The molecule has 1 aromatic rings. The lowest BCUT2D eigenvalue weighted by Crippen LogP contribution is -2.48. The van der Waals surface area contributed by atoms with Crippen molar-refractivity contribution in [1.29, 1.82) is 0 Å². The molecule has 0 unspecified atom stereocenters. The maximum atomic E-state index is 12.9. The fourth-order valence-electron chi connectivity index (χ4n) is 7.58. The fourth-order valence-corrected chi connectivity index (χ4v) is 8.42. The van der Waals surface area contributed by atoms with E-state index in [-0.39, 0.29) is 18.5 Å². The maximum Gasteiger partial charge on any atom is 0.243 e. The number of hydrogen-bond donors (Lipinski definition) is 0. The van der Waals surface area contributed by atoms with Gasteiger partial charge in [0, 0.05) is 13.1 Å². The lowest BCUT2D eigenvalue weighted by Gasteiger charge is -2.57. The molecule has 5 saturated carbocycles. The van der Waals surface area contributed by atoms with E-state index in [2.05, 4.69) is 12.1 Å². The predicted octanol–water partition coefficient (Wildman–Crippen LogP) is 4.32. The zero-order valence-corrected chi connectivity index (χ0v) is 19.7. The molecule has 5 fully saturated rings. The van der Waals surface area contributed by atoms with Crippen molar-refractivity contribution in [2.75, 3.05) is 24.2 Å². The van der Waals surface area contributed by atoms with Gasteiger partial charge in [0.25, 0.3) is 0 Å². The first kappa shape index (κ1) is 21.3. The Morgan fingerprint density at radius 2 is 1.48 bits per heavy atom. The molecule has 0 atom stereocenters. The number of anilines is 1. The monoisotopic (exact) mass is 444 g/mol. The second-order valence-corrected chi connectivity index (χ2v) is 12.9. The quantitative estimate of drug-likeness (QED) is 0.656. The summed E-state index contributed by atoms with van der Waals surface area (Å²) in [4.78, 5) is 14.6. The Morgan fingerprint density at radius 3 is 1.97 bits per heavy atom. The Balaban J connectivity index is 1.35. The molecule has 1 amide bonds. The average molecular weight is 445 g/mol. The Hall–Kier alpha value is -1.56. The Morgan fingerprint density at radius 1 is 0.968 bits per heavy atom. The van der Waals surface area contributed by atoms with Crippen LogP contribution in [0.2, 0.25) is 0 Å². The fraction of sp³-hybridized carbons (Fsp3) is 0.720. The van der Waals surface area contributed by atoms with Crippen molar-refractivity contribution in [2.45, 2.75) is 75.7 Å². The summed E-state index contributed by atoms with van der Waals surface area (Å²) in [7, 11) is -1.73. The molecule has 6 rings (SSSR count). The number of sulfonamides is 1. The van der Waals surface area contributed by atoms with Crippen molar-refractivity contribution in [1.82, 2.24) is 4.90 Å². The zero-order chi connectivity index (χ0) is 21.8. The minimum absolute atomic E-state index is 0.122. The van der Waals surface area contributed by atoms with Crippen molar-refractivity contribution in [3.63, 3.8) is 0 Å². The van der Waals surface area contributed by atoms with Crippen molar-refractivity contribution < 1.29 is 13.2 Å². The van der Waals surface area contributed by atoms with E-state index in [9.17, 15) is 13.2 Å². The minimum Gasteiger partial charge on any atom is -0.341 e. The summed E-state index contributed by atoms with van der Waals surface area (Å²) >= 11 is 0. The lowest BCUT2D eigenvalue weighted by molar-refractivity contribution is -0.130. The SMILES string of the molecule is CN(C(=O)CN(c1ccc(C23CC4CC(CC(C4)C2)C3)cc1)S(C)(=O)=O)C1CCCC1. The van der Waals surface area contributed by atoms with E-state index in [1.165, 1.54) is 54.6 Å². The highest BCUT2D eigenvalue weighted by Crippen LogP contribution is 2.60. The second kappa shape index (κ2) is 7.79. The molecule has 5 aliphatic rings. The van der Waals surface area contributed by atoms with Crippen molar-refractivity contribution in [3.05, 3.63) is 29.8 Å². The first-order valence-electron chi connectivity index (χ1n) is 12.1. The number of nitrogens with zero attached hydrogens (tertiary/aromatic N) is 2. The van der Waals surface area contributed by atoms with Gasteiger partial charge < -0.3 is 4.90 Å². The second-order valence-electron chi connectivity index (χ2n) is 11.0. The van der Waals surface area contributed by atoms with Crippen molar-refractivity contribution in [2.24, 2.45) is 17.8 Å². The molecule has 31 heavy (non-hydrogen) atoms.